The van der Waals surface area contributed by atoms with E-state index in [9.17, 15) is 5.11 Å². The SMILES string of the molecule is Cc1nn(-c2ccc(Cl)c(Cl)c2)c(C)c1O. The van der Waals surface area contributed by atoms with Crippen LogP contribution in [0.4, 0.5) is 0 Å². The normalized spacial score (nSPS) is 10.8. The maximum Gasteiger partial charge on any atom is 0.159 e. The Bertz CT molecular complexity index is 549. The lowest BCUT2D eigenvalue weighted by atomic mass is 10.3. The molecule has 1 aromatic carbocycles. The van der Waals surface area contributed by atoms with Gasteiger partial charge in [0.05, 0.1) is 21.4 Å². The van der Waals surface area contributed by atoms with Crippen LogP contribution in [0.3, 0.4) is 0 Å². The van der Waals surface area contributed by atoms with E-state index in [0.717, 1.165) is 5.69 Å². The van der Waals surface area contributed by atoms with Gasteiger partial charge >= 0.3 is 0 Å². The van der Waals surface area contributed by atoms with Gasteiger partial charge in [0, 0.05) is 0 Å². The van der Waals surface area contributed by atoms with Crippen molar-refractivity contribution in [3.8, 4) is 11.4 Å². The fourth-order valence-corrected chi connectivity index (χ4v) is 1.79. The molecule has 0 aliphatic carbocycles. The lowest BCUT2D eigenvalue weighted by Gasteiger charge is -2.05. The monoisotopic (exact) mass is 256 g/mol. The van der Waals surface area contributed by atoms with Crippen molar-refractivity contribution in [3.05, 3.63) is 39.6 Å². The Hall–Kier alpha value is -1.19. The quantitative estimate of drug-likeness (QED) is 0.848. The van der Waals surface area contributed by atoms with Gasteiger partial charge in [0.25, 0.3) is 0 Å². The van der Waals surface area contributed by atoms with Crippen LogP contribution in [0.2, 0.25) is 10.0 Å². The van der Waals surface area contributed by atoms with Crippen LogP contribution >= 0.6 is 23.2 Å². The molecule has 0 atom stereocenters. The zero-order valence-electron chi connectivity index (χ0n) is 8.83. The van der Waals surface area contributed by atoms with Crippen LogP contribution in [0.1, 0.15) is 11.4 Å². The standard InChI is InChI=1S/C11H10Cl2N2O/c1-6-11(16)7(2)15(14-6)8-3-4-9(12)10(13)5-8/h3-5,16H,1-2H3. The number of rotatable bonds is 1. The van der Waals surface area contributed by atoms with E-state index in [-0.39, 0.29) is 5.75 Å². The molecule has 1 aromatic heterocycles. The zero-order chi connectivity index (χ0) is 11.9. The maximum atomic E-state index is 9.67. The minimum Gasteiger partial charge on any atom is -0.504 e. The Morgan fingerprint density at radius 1 is 1.19 bits per heavy atom. The van der Waals surface area contributed by atoms with E-state index in [4.69, 9.17) is 23.2 Å². The lowest BCUT2D eigenvalue weighted by Crippen LogP contribution is -1.98. The molecular weight excluding hydrogens is 247 g/mol. The van der Waals surface area contributed by atoms with Gasteiger partial charge in [-0.1, -0.05) is 23.2 Å². The largest absolute Gasteiger partial charge is 0.504 e. The van der Waals surface area contributed by atoms with E-state index in [2.05, 4.69) is 5.10 Å². The van der Waals surface area contributed by atoms with Gasteiger partial charge in [-0.15, -0.1) is 0 Å². The molecule has 0 unspecified atom stereocenters. The third kappa shape index (κ3) is 1.77. The average Bonchev–Trinajstić information content (AvgIpc) is 2.50. The van der Waals surface area contributed by atoms with Crippen molar-refractivity contribution in [2.75, 3.05) is 0 Å². The van der Waals surface area contributed by atoms with E-state index in [1.165, 1.54) is 0 Å². The Morgan fingerprint density at radius 3 is 2.38 bits per heavy atom. The minimum atomic E-state index is 0.200. The molecule has 5 heteroatoms. The van der Waals surface area contributed by atoms with Crippen molar-refractivity contribution >= 4 is 23.2 Å². The predicted molar refractivity (Wildman–Crippen MR) is 64.7 cm³/mol. The molecule has 3 nitrogen and oxygen atoms in total. The molecule has 0 aliphatic rings. The lowest BCUT2D eigenvalue weighted by molar-refractivity contribution is 0.466. The number of aromatic hydroxyl groups is 1. The number of hydrogen-bond donors (Lipinski definition) is 1. The molecule has 0 spiro atoms. The van der Waals surface area contributed by atoms with Crippen molar-refractivity contribution in [3.63, 3.8) is 0 Å². The highest BCUT2D eigenvalue weighted by Gasteiger charge is 2.12. The second kappa shape index (κ2) is 4.00. The number of halogens is 2. The van der Waals surface area contributed by atoms with Crippen molar-refractivity contribution < 1.29 is 5.11 Å². The Morgan fingerprint density at radius 2 is 1.88 bits per heavy atom. The first-order chi connectivity index (χ1) is 7.50. The van der Waals surface area contributed by atoms with Crippen LogP contribution in [0.15, 0.2) is 18.2 Å². The molecule has 2 aromatic rings. The summed E-state index contributed by atoms with van der Waals surface area (Å²) < 4.78 is 1.63. The summed E-state index contributed by atoms with van der Waals surface area (Å²) in [6.45, 7) is 3.54. The van der Waals surface area contributed by atoms with Gasteiger partial charge in [-0.05, 0) is 32.0 Å². The molecule has 0 amide bonds. The molecule has 0 bridgehead atoms. The summed E-state index contributed by atoms with van der Waals surface area (Å²) in [4.78, 5) is 0. The molecule has 0 fully saturated rings. The summed E-state index contributed by atoms with van der Waals surface area (Å²) in [6, 6.07) is 5.21. The summed E-state index contributed by atoms with van der Waals surface area (Å²) in [5.41, 5.74) is 2.04. The smallest absolute Gasteiger partial charge is 0.159 e. The van der Waals surface area contributed by atoms with Gasteiger partial charge in [-0.2, -0.15) is 5.10 Å². The maximum absolute atomic E-state index is 9.67. The third-order valence-electron chi connectivity index (χ3n) is 2.40. The van der Waals surface area contributed by atoms with Gasteiger partial charge in [0.2, 0.25) is 0 Å². The van der Waals surface area contributed by atoms with Crippen LogP contribution in [0, 0.1) is 13.8 Å². The molecule has 0 aliphatic heterocycles. The number of aromatic nitrogens is 2. The van der Waals surface area contributed by atoms with E-state index in [1.807, 2.05) is 0 Å². The van der Waals surface area contributed by atoms with Crippen LogP contribution in [0.25, 0.3) is 5.69 Å². The van der Waals surface area contributed by atoms with Crippen LogP contribution in [-0.2, 0) is 0 Å². The van der Waals surface area contributed by atoms with Crippen molar-refractivity contribution in [1.29, 1.82) is 0 Å². The summed E-state index contributed by atoms with van der Waals surface area (Å²) >= 11 is 11.8. The number of nitrogens with zero attached hydrogens (tertiary/aromatic N) is 2. The third-order valence-corrected chi connectivity index (χ3v) is 3.14. The second-order valence-electron chi connectivity index (χ2n) is 3.53. The fourth-order valence-electron chi connectivity index (χ4n) is 1.50. The van der Waals surface area contributed by atoms with Gasteiger partial charge < -0.3 is 5.11 Å². The summed E-state index contributed by atoms with van der Waals surface area (Å²) in [6.07, 6.45) is 0. The average molecular weight is 257 g/mol. The summed E-state index contributed by atoms with van der Waals surface area (Å²) in [5, 5.41) is 14.8. The Labute approximate surface area is 103 Å². The molecule has 16 heavy (non-hydrogen) atoms. The van der Waals surface area contributed by atoms with Crippen LogP contribution in [0.5, 0.6) is 5.75 Å². The van der Waals surface area contributed by atoms with E-state index < -0.39 is 0 Å². The van der Waals surface area contributed by atoms with Crippen molar-refractivity contribution in [2.45, 2.75) is 13.8 Å². The number of hydrogen-bond acceptors (Lipinski definition) is 2. The van der Waals surface area contributed by atoms with Gasteiger partial charge in [0.15, 0.2) is 5.75 Å². The Balaban J connectivity index is 2.59. The minimum absolute atomic E-state index is 0.200. The number of aryl methyl sites for hydroxylation is 1. The highest BCUT2D eigenvalue weighted by atomic mass is 35.5. The first-order valence-electron chi connectivity index (χ1n) is 4.71. The summed E-state index contributed by atoms with van der Waals surface area (Å²) in [7, 11) is 0. The molecule has 0 saturated carbocycles. The first-order valence-corrected chi connectivity index (χ1v) is 5.47. The molecule has 84 valence electrons. The van der Waals surface area contributed by atoms with Gasteiger partial charge in [-0.25, -0.2) is 4.68 Å². The molecule has 0 radical (unpaired) electrons. The van der Waals surface area contributed by atoms with E-state index in [0.29, 0.717) is 21.4 Å². The highest BCUT2D eigenvalue weighted by molar-refractivity contribution is 6.42. The topological polar surface area (TPSA) is 38.0 Å². The van der Waals surface area contributed by atoms with Gasteiger partial charge in [-0.3, -0.25) is 0 Å². The summed E-state index contributed by atoms with van der Waals surface area (Å²) in [5.74, 6) is 0.200. The highest BCUT2D eigenvalue weighted by Crippen LogP contribution is 2.27. The van der Waals surface area contributed by atoms with Crippen molar-refractivity contribution in [1.82, 2.24) is 9.78 Å². The van der Waals surface area contributed by atoms with Crippen molar-refractivity contribution in [2.24, 2.45) is 0 Å². The molecular formula is C11H10Cl2N2O. The second-order valence-corrected chi connectivity index (χ2v) is 4.34. The predicted octanol–water partition coefficient (Wildman–Crippen LogP) is 3.50. The number of benzene rings is 1. The van der Waals surface area contributed by atoms with E-state index in [1.54, 1.807) is 36.7 Å². The van der Waals surface area contributed by atoms with Gasteiger partial charge in [0.1, 0.15) is 5.69 Å². The first kappa shape index (κ1) is 11.3. The molecule has 1 N–H and O–H groups in total. The molecule has 2 rings (SSSR count). The van der Waals surface area contributed by atoms with Crippen LogP contribution < -0.4 is 0 Å². The van der Waals surface area contributed by atoms with Crippen LogP contribution in [-0.4, -0.2) is 14.9 Å². The molecule has 0 saturated heterocycles. The van der Waals surface area contributed by atoms with E-state index >= 15 is 0 Å². The zero-order valence-corrected chi connectivity index (χ0v) is 10.3. The Kier molecular flexibility index (Phi) is 2.82. The molecule has 1 heterocycles. The fraction of sp³-hybridized carbons (Fsp3) is 0.182.